The van der Waals surface area contributed by atoms with Crippen LogP contribution in [0, 0.1) is 5.92 Å². The molecule has 1 N–H and O–H groups in total. The summed E-state index contributed by atoms with van der Waals surface area (Å²) in [5, 5.41) is 3.53. The first-order valence-electron chi connectivity index (χ1n) is 11.0. The minimum atomic E-state index is -0.166. The molecule has 4 nitrogen and oxygen atoms in total. The number of benzene rings is 1. The van der Waals surface area contributed by atoms with Gasteiger partial charge in [-0.25, -0.2) is 4.98 Å². The molecule has 2 atom stereocenters. The van der Waals surface area contributed by atoms with Crippen LogP contribution in [-0.2, 0) is 12.0 Å². The molecule has 0 aliphatic carbocycles. The highest BCUT2D eigenvalue weighted by molar-refractivity contribution is 5.94. The van der Waals surface area contributed by atoms with Gasteiger partial charge in [-0.15, -0.1) is 6.58 Å². The first-order valence-corrected chi connectivity index (χ1v) is 11.0. The summed E-state index contributed by atoms with van der Waals surface area (Å²) in [6.07, 6.45) is 3.66. The molecule has 1 saturated heterocycles. The van der Waals surface area contributed by atoms with Crippen molar-refractivity contribution in [1.82, 2.24) is 9.88 Å². The third-order valence-corrected chi connectivity index (χ3v) is 5.27. The van der Waals surface area contributed by atoms with E-state index in [1.54, 1.807) is 6.20 Å². The van der Waals surface area contributed by atoms with E-state index >= 15 is 0 Å². The van der Waals surface area contributed by atoms with Crippen LogP contribution in [0.4, 0.5) is 5.82 Å². The molecule has 2 aromatic rings. The van der Waals surface area contributed by atoms with E-state index in [1.165, 1.54) is 11.1 Å². The Hall–Kier alpha value is -2.62. The molecule has 2 aliphatic rings. The minimum Gasteiger partial charge on any atom is -0.360 e. The van der Waals surface area contributed by atoms with Crippen molar-refractivity contribution in [3.05, 3.63) is 71.4 Å². The van der Waals surface area contributed by atoms with Crippen molar-refractivity contribution in [3.63, 3.8) is 0 Å². The molecule has 0 spiro atoms. The molecule has 3 heterocycles. The van der Waals surface area contributed by atoms with Gasteiger partial charge in [-0.05, 0) is 50.3 Å². The van der Waals surface area contributed by atoms with Gasteiger partial charge in [0.25, 0.3) is 5.91 Å². The van der Waals surface area contributed by atoms with Crippen molar-refractivity contribution in [1.29, 1.82) is 0 Å². The fourth-order valence-corrected chi connectivity index (χ4v) is 3.84. The Labute approximate surface area is 182 Å². The van der Waals surface area contributed by atoms with Crippen LogP contribution in [0.2, 0.25) is 0 Å². The van der Waals surface area contributed by atoms with E-state index in [0.717, 1.165) is 37.3 Å². The average molecular weight is 408 g/mol. The van der Waals surface area contributed by atoms with E-state index in [2.05, 4.69) is 55.0 Å². The first-order chi connectivity index (χ1) is 14.3. The molecule has 0 saturated carbocycles. The van der Waals surface area contributed by atoms with Crippen LogP contribution in [0.15, 0.2) is 54.7 Å². The largest absolute Gasteiger partial charge is 0.360 e. The molecule has 1 amide bonds. The van der Waals surface area contributed by atoms with E-state index in [1.807, 2.05) is 44.7 Å². The lowest BCUT2D eigenvalue weighted by Crippen LogP contribution is -2.29. The maximum Gasteiger partial charge on any atom is 0.255 e. The number of pyridine rings is 1. The Bertz CT molecular complexity index is 858. The fraction of sp³-hybridized carbons (Fsp3) is 0.462. The van der Waals surface area contributed by atoms with Crippen molar-refractivity contribution in [2.45, 2.75) is 59.9 Å². The summed E-state index contributed by atoms with van der Waals surface area (Å²) >= 11 is 0. The number of nitrogens with one attached hydrogen (secondary N) is 1. The Kier molecular flexibility index (Phi) is 8.22. The van der Waals surface area contributed by atoms with Gasteiger partial charge in [0.1, 0.15) is 5.82 Å². The normalized spacial score (nSPS) is 21.4. The molecule has 0 radical (unpaired) electrons. The smallest absolute Gasteiger partial charge is 0.255 e. The Morgan fingerprint density at radius 3 is 2.43 bits per heavy atom. The van der Waals surface area contributed by atoms with Crippen LogP contribution in [0.25, 0.3) is 0 Å². The fourth-order valence-electron chi connectivity index (χ4n) is 3.84. The zero-order valence-electron chi connectivity index (χ0n) is 19.5. The molecule has 0 bridgehead atoms. The van der Waals surface area contributed by atoms with Crippen molar-refractivity contribution in [2.75, 3.05) is 18.4 Å². The molecular formula is C26H37N3O. The Morgan fingerprint density at radius 1 is 1.23 bits per heavy atom. The third-order valence-electron chi connectivity index (χ3n) is 5.27. The maximum atomic E-state index is 12.7. The van der Waals surface area contributed by atoms with Gasteiger partial charge in [-0.2, -0.15) is 0 Å². The number of anilines is 1. The number of likely N-dealkylation sites (tertiary alicyclic amines) is 1. The molecule has 1 aromatic heterocycles. The van der Waals surface area contributed by atoms with Gasteiger partial charge >= 0.3 is 0 Å². The molecule has 0 unspecified atom stereocenters. The van der Waals surface area contributed by atoms with Crippen LogP contribution in [0.5, 0.6) is 0 Å². The zero-order chi connectivity index (χ0) is 22.3. The number of fused-ring (bicyclic) bond motifs is 1. The van der Waals surface area contributed by atoms with E-state index in [-0.39, 0.29) is 11.4 Å². The summed E-state index contributed by atoms with van der Waals surface area (Å²) in [7, 11) is 0. The van der Waals surface area contributed by atoms with Crippen LogP contribution in [0.3, 0.4) is 0 Å². The summed E-state index contributed by atoms with van der Waals surface area (Å²) in [6, 6.07) is 12.4. The minimum absolute atomic E-state index is 0.114. The average Bonchev–Trinajstić information content (AvgIpc) is 3.32. The predicted octanol–water partition coefficient (Wildman–Crippen LogP) is 6.06. The van der Waals surface area contributed by atoms with Crippen LogP contribution in [-0.4, -0.2) is 28.9 Å². The molecule has 30 heavy (non-hydrogen) atoms. The second-order valence-electron chi connectivity index (χ2n) is 8.58. The topological polar surface area (TPSA) is 45.2 Å². The molecule has 1 fully saturated rings. The molecule has 1 aromatic carbocycles. The van der Waals surface area contributed by atoms with E-state index in [4.69, 9.17) is 0 Å². The predicted molar refractivity (Wildman–Crippen MR) is 127 cm³/mol. The lowest BCUT2D eigenvalue weighted by molar-refractivity contribution is 0.0787. The Morgan fingerprint density at radius 2 is 1.87 bits per heavy atom. The number of hydrogen-bond donors (Lipinski definition) is 1. The molecule has 162 valence electrons. The van der Waals surface area contributed by atoms with Crippen LogP contribution >= 0.6 is 0 Å². The summed E-state index contributed by atoms with van der Waals surface area (Å²) in [6.45, 7) is 17.6. The highest BCUT2D eigenvalue weighted by atomic mass is 16.2. The summed E-state index contributed by atoms with van der Waals surface area (Å²) in [5.41, 5.74) is 4.08. The quantitative estimate of drug-likeness (QED) is 0.616. The molecular weight excluding hydrogens is 370 g/mol. The van der Waals surface area contributed by atoms with Gasteiger partial charge in [-0.1, -0.05) is 56.7 Å². The first kappa shape index (κ1) is 23.7. The number of carbonyl (C=O) groups is 1. The number of aromatic nitrogens is 1. The van der Waals surface area contributed by atoms with Gasteiger partial charge in [0.15, 0.2) is 0 Å². The number of nitrogens with zero attached hydrogens (tertiary/aromatic N) is 2. The van der Waals surface area contributed by atoms with Gasteiger partial charge in [0.05, 0.1) is 11.1 Å². The van der Waals surface area contributed by atoms with Gasteiger partial charge in [0.2, 0.25) is 0 Å². The van der Waals surface area contributed by atoms with Crippen molar-refractivity contribution < 1.29 is 4.79 Å². The highest BCUT2D eigenvalue weighted by Gasteiger charge is 2.35. The van der Waals surface area contributed by atoms with Crippen LogP contribution < -0.4 is 5.32 Å². The Balaban J connectivity index is 0.000000481. The van der Waals surface area contributed by atoms with Crippen molar-refractivity contribution in [3.8, 4) is 0 Å². The van der Waals surface area contributed by atoms with Gasteiger partial charge in [0, 0.05) is 25.7 Å². The summed E-state index contributed by atoms with van der Waals surface area (Å²) < 4.78 is 0. The number of hydrogen-bond acceptors (Lipinski definition) is 3. The summed E-state index contributed by atoms with van der Waals surface area (Å²) in [4.78, 5) is 19.2. The zero-order valence-corrected chi connectivity index (χ0v) is 19.5. The maximum absolute atomic E-state index is 12.7. The van der Waals surface area contributed by atoms with Gasteiger partial charge in [-0.3, -0.25) is 4.79 Å². The molecule has 2 aliphatic heterocycles. The monoisotopic (exact) mass is 407 g/mol. The van der Waals surface area contributed by atoms with E-state index in [9.17, 15) is 4.79 Å². The lowest BCUT2D eigenvalue weighted by Gasteiger charge is -2.25. The SMILES string of the molecule is C=C(C)C.CC.C[C@H]1CCN(C(=O)c2cnc3c(c2)C[C@](C)(c2ccccc2)N3)C1. The standard InChI is InChI=1S/C20H23N3O.C4H8.C2H6/c1-14-8-9-23(13-14)19(24)16-10-15-11-20(2,22-18(15)21-12-16)17-6-4-3-5-7-17;1-4(2)3;1-2/h3-7,10,12,14H,8-9,11,13H2,1-2H3,(H,21,22);1H2,2-3H3;1-2H3/t14-,20+;;/m0../s1. The second kappa shape index (κ2) is 10.4. The van der Waals surface area contributed by atoms with Gasteiger partial charge < -0.3 is 10.2 Å². The second-order valence-corrected chi connectivity index (χ2v) is 8.58. The molecule has 4 heteroatoms. The molecule has 4 rings (SSSR count). The number of carbonyl (C=O) groups excluding carboxylic acids is 1. The van der Waals surface area contributed by atoms with Crippen molar-refractivity contribution >= 4 is 11.7 Å². The summed E-state index contributed by atoms with van der Waals surface area (Å²) in [5.74, 6) is 1.61. The van der Waals surface area contributed by atoms with E-state index < -0.39 is 0 Å². The highest BCUT2D eigenvalue weighted by Crippen LogP contribution is 2.38. The van der Waals surface area contributed by atoms with Crippen LogP contribution in [0.1, 0.15) is 69.4 Å². The third kappa shape index (κ3) is 5.71. The number of allylic oxidation sites excluding steroid dienone is 1. The van der Waals surface area contributed by atoms with Crippen molar-refractivity contribution in [2.24, 2.45) is 5.92 Å². The number of rotatable bonds is 2. The van der Waals surface area contributed by atoms with E-state index in [0.29, 0.717) is 11.5 Å². The number of amides is 1. The lowest BCUT2D eigenvalue weighted by atomic mass is 9.89.